The Hall–Kier alpha value is -1.64. The van der Waals surface area contributed by atoms with Gasteiger partial charge in [0.1, 0.15) is 5.75 Å². The molecule has 0 amide bonds. The number of hydrogen-bond donors (Lipinski definition) is 2. The number of nitrogens with zero attached hydrogens (tertiary/aromatic N) is 1. The molecule has 0 radical (unpaired) electrons. The van der Waals surface area contributed by atoms with Crippen LogP contribution in [0.3, 0.4) is 0 Å². The van der Waals surface area contributed by atoms with Crippen LogP contribution in [-0.2, 0) is 16.0 Å². The van der Waals surface area contributed by atoms with Crippen LogP contribution < -0.4 is 15.4 Å². The van der Waals surface area contributed by atoms with Crippen molar-refractivity contribution in [3.05, 3.63) is 28.8 Å². The monoisotopic (exact) mass is 405 g/mol. The van der Waals surface area contributed by atoms with Gasteiger partial charge in [-0.2, -0.15) is 8.78 Å². The molecule has 0 aromatic heterocycles. The summed E-state index contributed by atoms with van der Waals surface area (Å²) in [5.41, 5.74) is 0.490. The molecule has 9 heteroatoms. The third kappa shape index (κ3) is 8.28. The van der Waals surface area contributed by atoms with Crippen molar-refractivity contribution >= 4 is 17.6 Å². The zero-order valence-electron chi connectivity index (χ0n) is 15.3. The Kier molecular flexibility index (Phi) is 9.58. The molecule has 0 saturated carbocycles. The summed E-state index contributed by atoms with van der Waals surface area (Å²) in [6.45, 7) is 2.64. The summed E-state index contributed by atoms with van der Waals surface area (Å²) < 4.78 is 40.6. The molecule has 0 aliphatic carbocycles. The van der Waals surface area contributed by atoms with Crippen LogP contribution in [-0.4, -0.2) is 51.6 Å². The molecular formula is C18H26ClF2N3O3. The van der Waals surface area contributed by atoms with Gasteiger partial charge in [0, 0.05) is 36.9 Å². The van der Waals surface area contributed by atoms with Crippen LogP contribution in [0.4, 0.5) is 8.78 Å². The van der Waals surface area contributed by atoms with Gasteiger partial charge in [0.05, 0.1) is 19.3 Å². The van der Waals surface area contributed by atoms with E-state index in [0.717, 1.165) is 19.4 Å². The highest BCUT2D eigenvalue weighted by Gasteiger charge is 2.15. The average Bonchev–Trinajstić information content (AvgIpc) is 3.14. The van der Waals surface area contributed by atoms with Crippen molar-refractivity contribution in [2.45, 2.75) is 39.0 Å². The molecule has 6 nitrogen and oxygen atoms in total. The van der Waals surface area contributed by atoms with Gasteiger partial charge >= 0.3 is 6.61 Å². The van der Waals surface area contributed by atoms with E-state index in [0.29, 0.717) is 42.8 Å². The van der Waals surface area contributed by atoms with Gasteiger partial charge in [0.15, 0.2) is 5.96 Å². The predicted octanol–water partition coefficient (Wildman–Crippen LogP) is 3.19. The van der Waals surface area contributed by atoms with Crippen LogP contribution in [0.25, 0.3) is 0 Å². The summed E-state index contributed by atoms with van der Waals surface area (Å²) in [6, 6.07) is 4.50. The molecule has 1 fully saturated rings. The molecule has 1 aliphatic rings. The number of aliphatic imine (C=N–C) groups is 1. The van der Waals surface area contributed by atoms with E-state index in [9.17, 15) is 8.78 Å². The number of halogens is 3. The van der Waals surface area contributed by atoms with Gasteiger partial charge in [0.2, 0.25) is 0 Å². The fourth-order valence-electron chi connectivity index (χ4n) is 2.56. The first-order valence-corrected chi connectivity index (χ1v) is 9.41. The molecule has 1 aromatic carbocycles. The van der Waals surface area contributed by atoms with Crippen LogP contribution in [0.2, 0.25) is 5.02 Å². The molecule has 0 spiro atoms. The lowest BCUT2D eigenvalue weighted by Gasteiger charge is -2.14. The Morgan fingerprint density at radius 1 is 1.41 bits per heavy atom. The molecule has 1 aliphatic heterocycles. The SMILES string of the molecule is CCNC(=NCc1cc(Cl)ccc1OC(F)F)NCCCOC1CCOC1. The van der Waals surface area contributed by atoms with Crippen molar-refractivity contribution in [3.63, 3.8) is 0 Å². The van der Waals surface area contributed by atoms with E-state index >= 15 is 0 Å². The fourth-order valence-corrected chi connectivity index (χ4v) is 2.76. The molecule has 1 saturated heterocycles. The Morgan fingerprint density at radius 2 is 2.26 bits per heavy atom. The second kappa shape index (κ2) is 11.9. The third-order valence-corrected chi connectivity index (χ3v) is 4.08. The molecule has 2 N–H and O–H groups in total. The van der Waals surface area contributed by atoms with E-state index in [1.807, 2.05) is 6.92 Å². The Bertz CT molecular complexity index is 599. The van der Waals surface area contributed by atoms with Crippen molar-refractivity contribution in [1.29, 1.82) is 0 Å². The van der Waals surface area contributed by atoms with Crippen LogP contribution in [0.15, 0.2) is 23.2 Å². The first-order chi connectivity index (χ1) is 13.1. The van der Waals surface area contributed by atoms with Gasteiger partial charge < -0.3 is 24.8 Å². The van der Waals surface area contributed by atoms with Crippen molar-refractivity contribution in [2.24, 2.45) is 4.99 Å². The van der Waals surface area contributed by atoms with Gasteiger partial charge in [-0.05, 0) is 38.0 Å². The highest BCUT2D eigenvalue weighted by atomic mass is 35.5. The van der Waals surface area contributed by atoms with Crippen LogP contribution in [0.5, 0.6) is 5.75 Å². The smallest absolute Gasteiger partial charge is 0.387 e. The minimum atomic E-state index is -2.90. The van der Waals surface area contributed by atoms with Gasteiger partial charge in [-0.1, -0.05) is 11.6 Å². The van der Waals surface area contributed by atoms with E-state index in [2.05, 4.69) is 20.4 Å². The summed E-state index contributed by atoms with van der Waals surface area (Å²) in [6.07, 6.45) is 1.96. The lowest BCUT2D eigenvalue weighted by molar-refractivity contribution is -0.0504. The standard InChI is InChI=1S/C18H26ClF2N3O3/c1-2-22-18(23-7-3-8-26-15-6-9-25-12-15)24-11-13-10-14(19)4-5-16(13)27-17(20)21/h4-5,10,15,17H,2-3,6-9,11-12H2,1H3,(H2,22,23,24). The molecule has 152 valence electrons. The number of ether oxygens (including phenoxy) is 3. The summed E-state index contributed by atoms with van der Waals surface area (Å²) in [4.78, 5) is 4.42. The lowest BCUT2D eigenvalue weighted by Crippen LogP contribution is -2.38. The first kappa shape index (κ1) is 21.7. The van der Waals surface area contributed by atoms with Gasteiger partial charge in [-0.15, -0.1) is 0 Å². The highest BCUT2D eigenvalue weighted by molar-refractivity contribution is 6.30. The largest absolute Gasteiger partial charge is 0.434 e. The summed E-state index contributed by atoms with van der Waals surface area (Å²) in [5.74, 6) is 0.658. The number of nitrogens with one attached hydrogen (secondary N) is 2. The quantitative estimate of drug-likeness (QED) is 0.355. The van der Waals surface area contributed by atoms with Crippen molar-refractivity contribution < 1.29 is 23.0 Å². The second-order valence-corrected chi connectivity index (χ2v) is 6.40. The zero-order valence-corrected chi connectivity index (χ0v) is 16.1. The Morgan fingerprint density at radius 3 is 2.96 bits per heavy atom. The molecule has 1 heterocycles. The first-order valence-electron chi connectivity index (χ1n) is 9.03. The van der Waals surface area contributed by atoms with E-state index in [1.165, 1.54) is 12.1 Å². The highest BCUT2D eigenvalue weighted by Crippen LogP contribution is 2.25. The molecule has 1 unspecified atom stereocenters. The minimum absolute atomic E-state index is 0.0705. The van der Waals surface area contributed by atoms with Crippen LogP contribution in [0.1, 0.15) is 25.3 Å². The normalized spacial score (nSPS) is 17.4. The molecule has 0 bridgehead atoms. The van der Waals surface area contributed by atoms with Crippen molar-refractivity contribution in [2.75, 3.05) is 32.9 Å². The maximum absolute atomic E-state index is 12.5. The van der Waals surface area contributed by atoms with Gasteiger partial charge in [-0.25, -0.2) is 4.99 Å². The maximum atomic E-state index is 12.5. The van der Waals surface area contributed by atoms with E-state index in [-0.39, 0.29) is 18.4 Å². The number of alkyl halides is 2. The van der Waals surface area contributed by atoms with Gasteiger partial charge in [-0.3, -0.25) is 0 Å². The molecule has 2 rings (SSSR count). The second-order valence-electron chi connectivity index (χ2n) is 5.96. The summed E-state index contributed by atoms with van der Waals surface area (Å²) in [7, 11) is 0. The number of hydrogen-bond acceptors (Lipinski definition) is 4. The average molecular weight is 406 g/mol. The Balaban J connectivity index is 1.84. The van der Waals surface area contributed by atoms with E-state index in [1.54, 1.807) is 6.07 Å². The van der Waals surface area contributed by atoms with E-state index in [4.69, 9.17) is 21.1 Å². The van der Waals surface area contributed by atoms with Crippen molar-refractivity contribution in [1.82, 2.24) is 10.6 Å². The van der Waals surface area contributed by atoms with Gasteiger partial charge in [0.25, 0.3) is 0 Å². The molecular weight excluding hydrogens is 380 g/mol. The molecule has 27 heavy (non-hydrogen) atoms. The third-order valence-electron chi connectivity index (χ3n) is 3.85. The van der Waals surface area contributed by atoms with E-state index < -0.39 is 6.61 Å². The predicted molar refractivity (Wildman–Crippen MR) is 101 cm³/mol. The number of guanidine groups is 1. The summed E-state index contributed by atoms with van der Waals surface area (Å²) >= 11 is 5.96. The molecule has 1 atom stereocenters. The summed E-state index contributed by atoms with van der Waals surface area (Å²) in [5, 5.41) is 6.75. The molecule has 1 aromatic rings. The van der Waals surface area contributed by atoms with Crippen LogP contribution in [0, 0.1) is 0 Å². The zero-order chi connectivity index (χ0) is 19.5. The maximum Gasteiger partial charge on any atom is 0.387 e. The van der Waals surface area contributed by atoms with Crippen LogP contribution >= 0.6 is 11.6 Å². The number of benzene rings is 1. The fraction of sp³-hybridized carbons (Fsp3) is 0.611. The Labute approximate surface area is 163 Å². The lowest BCUT2D eigenvalue weighted by atomic mass is 10.2. The number of rotatable bonds is 10. The minimum Gasteiger partial charge on any atom is -0.434 e. The van der Waals surface area contributed by atoms with Crippen molar-refractivity contribution in [3.8, 4) is 5.75 Å². The topological polar surface area (TPSA) is 64.1 Å².